The van der Waals surface area contributed by atoms with E-state index in [9.17, 15) is 4.79 Å². The minimum atomic E-state index is -0.365. The number of halogens is 1. The molecule has 0 aliphatic heterocycles. The van der Waals surface area contributed by atoms with Gasteiger partial charge in [0.2, 0.25) is 0 Å². The summed E-state index contributed by atoms with van der Waals surface area (Å²) in [4.78, 5) is 11.2. The topological polar surface area (TPSA) is 52.3 Å². The van der Waals surface area contributed by atoms with E-state index in [-0.39, 0.29) is 12.0 Å². The number of hydrogen-bond acceptors (Lipinski definition) is 3. The first-order valence-corrected chi connectivity index (χ1v) is 4.26. The zero-order valence-corrected chi connectivity index (χ0v) is 8.15. The maximum absolute atomic E-state index is 11.2. The molecule has 0 aromatic carbocycles. The average molecular weight is 192 g/mol. The fraction of sp³-hybridized carbons (Fsp3) is 0.625. The number of esters is 1. The van der Waals surface area contributed by atoms with Gasteiger partial charge >= 0.3 is 5.97 Å². The van der Waals surface area contributed by atoms with Crippen LogP contribution in [-0.2, 0) is 9.53 Å². The van der Waals surface area contributed by atoms with Gasteiger partial charge < -0.3 is 10.5 Å². The Bertz CT molecular complexity index is 185. The van der Waals surface area contributed by atoms with Crippen LogP contribution in [0.1, 0.15) is 20.3 Å². The molecule has 2 N–H and O–H groups in total. The van der Waals surface area contributed by atoms with Crippen LogP contribution in [0, 0.1) is 0 Å². The Morgan fingerprint density at radius 2 is 2.08 bits per heavy atom. The van der Waals surface area contributed by atoms with Gasteiger partial charge in [0.25, 0.3) is 0 Å². The van der Waals surface area contributed by atoms with Crippen LogP contribution in [-0.4, -0.2) is 18.6 Å². The van der Waals surface area contributed by atoms with Crippen molar-refractivity contribution in [2.75, 3.05) is 12.6 Å². The summed E-state index contributed by atoms with van der Waals surface area (Å²) in [5.41, 5.74) is 6.88. The quantitative estimate of drug-likeness (QED) is 0.415. The van der Waals surface area contributed by atoms with Gasteiger partial charge in [-0.25, -0.2) is 4.79 Å². The first kappa shape index (κ1) is 11.5. The van der Waals surface area contributed by atoms with Crippen LogP contribution in [0.3, 0.4) is 0 Å². The van der Waals surface area contributed by atoms with Gasteiger partial charge in [0, 0.05) is 5.57 Å². The molecule has 0 aromatic heterocycles. The fourth-order valence-corrected chi connectivity index (χ4v) is 0.936. The highest BCUT2D eigenvalue weighted by Crippen LogP contribution is 2.09. The monoisotopic (exact) mass is 191 g/mol. The summed E-state index contributed by atoms with van der Waals surface area (Å²) in [5, 5.41) is 0. The first-order chi connectivity index (χ1) is 5.63. The minimum Gasteiger partial charge on any atom is -0.446 e. The van der Waals surface area contributed by atoms with Gasteiger partial charge in [-0.3, -0.25) is 0 Å². The van der Waals surface area contributed by atoms with Crippen molar-refractivity contribution in [3.63, 3.8) is 0 Å². The van der Waals surface area contributed by atoms with Crippen molar-refractivity contribution in [1.82, 2.24) is 0 Å². The Kier molecular flexibility index (Phi) is 5.76. The van der Waals surface area contributed by atoms with E-state index in [4.69, 9.17) is 17.3 Å². The molecule has 0 rings (SSSR count). The third kappa shape index (κ3) is 3.74. The Morgan fingerprint density at radius 3 is 2.42 bits per heavy atom. The number of nitrogens with two attached hydrogens (primary N) is 1. The van der Waals surface area contributed by atoms with E-state index in [0.717, 1.165) is 5.57 Å². The predicted molar refractivity (Wildman–Crippen MR) is 48.9 cm³/mol. The van der Waals surface area contributed by atoms with Gasteiger partial charge in [0.15, 0.2) is 6.07 Å². The van der Waals surface area contributed by atoms with Gasteiger partial charge in [-0.2, -0.15) is 0 Å². The van der Waals surface area contributed by atoms with Gasteiger partial charge in [-0.15, -0.1) is 0 Å². The standard InChI is InChI=1S/C8H14ClNO2/c1-6(2)7(3-4-10)8(11)12-5-9/h3-5,10H2,1-2H3. The molecule has 0 bridgehead atoms. The maximum atomic E-state index is 11.2. The third-order valence-electron chi connectivity index (χ3n) is 1.43. The molecule has 0 radical (unpaired) electrons. The first-order valence-electron chi connectivity index (χ1n) is 3.73. The summed E-state index contributed by atoms with van der Waals surface area (Å²) in [6.07, 6.45) is 0.540. The summed E-state index contributed by atoms with van der Waals surface area (Å²) in [7, 11) is 0. The van der Waals surface area contributed by atoms with E-state index in [1.165, 1.54) is 0 Å². The summed E-state index contributed by atoms with van der Waals surface area (Å²) in [6, 6.07) is -0.111. The van der Waals surface area contributed by atoms with Crippen LogP contribution in [0.5, 0.6) is 0 Å². The molecule has 0 aliphatic rings. The molecule has 0 spiro atoms. The van der Waals surface area contributed by atoms with Gasteiger partial charge in [-0.1, -0.05) is 17.2 Å². The molecule has 12 heavy (non-hydrogen) atoms. The van der Waals surface area contributed by atoms with Crippen LogP contribution < -0.4 is 5.73 Å². The second kappa shape index (κ2) is 6.03. The summed E-state index contributed by atoms with van der Waals surface area (Å²) < 4.78 is 4.63. The van der Waals surface area contributed by atoms with E-state index in [0.29, 0.717) is 18.5 Å². The van der Waals surface area contributed by atoms with E-state index in [2.05, 4.69) is 4.74 Å². The third-order valence-corrected chi connectivity index (χ3v) is 1.54. The number of carbonyl (C=O) groups excluding carboxylic acids is 1. The van der Waals surface area contributed by atoms with Crippen LogP contribution in [0.4, 0.5) is 0 Å². The lowest BCUT2D eigenvalue weighted by Gasteiger charge is -2.06. The molecule has 0 fully saturated rings. The Morgan fingerprint density at radius 1 is 1.50 bits per heavy atom. The molecule has 3 nitrogen and oxygen atoms in total. The molecule has 0 aliphatic carbocycles. The largest absolute Gasteiger partial charge is 0.446 e. The van der Waals surface area contributed by atoms with Crippen molar-refractivity contribution < 1.29 is 9.53 Å². The Balaban J connectivity index is 4.32. The van der Waals surface area contributed by atoms with Crippen molar-refractivity contribution in [1.29, 1.82) is 0 Å². The molecule has 0 amide bonds. The molecule has 4 heteroatoms. The predicted octanol–water partition coefficient (Wildman–Crippen LogP) is 1.41. The molecule has 0 atom stereocenters. The van der Waals surface area contributed by atoms with Crippen molar-refractivity contribution in [2.24, 2.45) is 5.73 Å². The smallest absolute Gasteiger partial charge is 0.335 e. The van der Waals surface area contributed by atoms with Gasteiger partial charge in [-0.05, 0) is 26.8 Å². The average Bonchev–Trinajstić information content (AvgIpc) is 1.99. The Hall–Kier alpha value is -0.540. The Labute approximate surface area is 77.5 Å². The number of rotatable bonds is 4. The van der Waals surface area contributed by atoms with Crippen molar-refractivity contribution in [3.8, 4) is 0 Å². The van der Waals surface area contributed by atoms with Crippen LogP contribution >= 0.6 is 11.6 Å². The summed E-state index contributed by atoms with van der Waals surface area (Å²) >= 11 is 5.25. The van der Waals surface area contributed by atoms with E-state index in [1.807, 2.05) is 13.8 Å². The van der Waals surface area contributed by atoms with Crippen molar-refractivity contribution >= 4 is 17.6 Å². The van der Waals surface area contributed by atoms with E-state index in [1.54, 1.807) is 0 Å². The highest BCUT2D eigenvalue weighted by atomic mass is 35.5. The molecule has 0 aromatic rings. The number of alkyl halides is 1. The molecule has 0 unspecified atom stereocenters. The molecule has 0 saturated heterocycles. The van der Waals surface area contributed by atoms with Gasteiger partial charge in [0.1, 0.15) is 0 Å². The maximum Gasteiger partial charge on any atom is 0.335 e. The minimum absolute atomic E-state index is 0.111. The summed E-state index contributed by atoms with van der Waals surface area (Å²) in [6.45, 7) is 4.14. The highest BCUT2D eigenvalue weighted by molar-refractivity contribution is 6.17. The summed E-state index contributed by atoms with van der Waals surface area (Å²) in [5.74, 6) is -0.365. The number of hydrogen-bond donors (Lipinski definition) is 1. The molecular weight excluding hydrogens is 178 g/mol. The normalized spacial score (nSPS) is 9.33. The van der Waals surface area contributed by atoms with Crippen LogP contribution in [0.25, 0.3) is 0 Å². The molecule has 0 heterocycles. The number of allylic oxidation sites excluding steroid dienone is 1. The second-order valence-corrected chi connectivity index (χ2v) is 2.78. The number of ether oxygens (including phenoxy) is 1. The van der Waals surface area contributed by atoms with Crippen molar-refractivity contribution in [3.05, 3.63) is 11.1 Å². The van der Waals surface area contributed by atoms with E-state index >= 15 is 0 Å². The molecule has 0 saturated carbocycles. The molecule has 70 valence electrons. The van der Waals surface area contributed by atoms with Gasteiger partial charge in [0.05, 0.1) is 0 Å². The van der Waals surface area contributed by atoms with E-state index < -0.39 is 0 Å². The highest BCUT2D eigenvalue weighted by Gasteiger charge is 2.10. The molecular formula is C8H14ClNO2. The number of carbonyl (C=O) groups is 1. The lowest BCUT2D eigenvalue weighted by molar-refractivity contribution is -0.137. The van der Waals surface area contributed by atoms with Crippen LogP contribution in [0.15, 0.2) is 11.1 Å². The second-order valence-electron chi connectivity index (χ2n) is 2.56. The van der Waals surface area contributed by atoms with Crippen LogP contribution in [0.2, 0.25) is 0 Å². The zero-order chi connectivity index (χ0) is 9.56. The van der Waals surface area contributed by atoms with Crippen molar-refractivity contribution in [2.45, 2.75) is 20.3 Å². The lowest BCUT2D eigenvalue weighted by Crippen LogP contribution is -2.12. The zero-order valence-electron chi connectivity index (χ0n) is 7.39. The SMILES string of the molecule is CC(C)=C(CCN)C(=O)OCCl. The fourth-order valence-electron chi connectivity index (χ4n) is 0.837. The lowest BCUT2D eigenvalue weighted by atomic mass is 10.1.